The van der Waals surface area contributed by atoms with E-state index in [9.17, 15) is 5.11 Å². The molecule has 0 radical (unpaired) electrons. The van der Waals surface area contributed by atoms with Crippen molar-refractivity contribution >= 4 is 0 Å². The highest BCUT2D eigenvalue weighted by atomic mass is 16.5. The molecular weight excluding hydrogens is 226 g/mol. The Balaban J connectivity index is 1.97. The minimum atomic E-state index is -0.847. The summed E-state index contributed by atoms with van der Waals surface area (Å²) in [4.78, 5) is 0. The molecule has 0 aromatic heterocycles. The highest BCUT2D eigenvalue weighted by Gasteiger charge is 2.25. The molecule has 1 aromatic carbocycles. The van der Waals surface area contributed by atoms with Crippen molar-refractivity contribution in [2.24, 2.45) is 0 Å². The predicted molar refractivity (Wildman–Crippen MR) is 68.9 cm³/mol. The van der Waals surface area contributed by atoms with Gasteiger partial charge in [-0.15, -0.1) is 0 Å². The zero-order valence-electron chi connectivity index (χ0n) is 10.7. The molecular formula is C15H19NO2. The van der Waals surface area contributed by atoms with Gasteiger partial charge < -0.3 is 9.84 Å². The van der Waals surface area contributed by atoms with Crippen molar-refractivity contribution in [3.8, 4) is 6.07 Å². The number of nitrogens with zero attached hydrogens (tertiary/aromatic N) is 1. The van der Waals surface area contributed by atoms with Crippen LogP contribution in [-0.4, -0.2) is 17.8 Å². The van der Waals surface area contributed by atoms with Gasteiger partial charge in [-0.3, -0.25) is 0 Å². The van der Waals surface area contributed by atoms with E-state index in [0.717, 1.165) is 31.4 Å². The summed E-state index contributed by atoms with van der Waals surface area (Å²) in [6.45, 7) is 2.67. The van der Waals surface area contributed by atoms with Gasteiger partial charge >= 0.3 is 0 Å². The lowest BCUT2D eigenvalue weighted by Crippen LogP contribution is -2.23. The third kappa shape index (κ3) is 3.10. The van der Waals surface area contributed by atoms with Gasteiger partial charge in [-0.2, -0.15) is 5.26 Å². The average molecular weight is 245 g/mol. The first-order valence-corrected chi connectivity index (χ1v) is 6.46. The third-order valence-electron chi connectivity index (χ3n) is 3.61. The highest BCUT2D eigenvalue weighted by Crippen LogP contribution is 2.29. The summed E-state index contributed by atoms with van der Waals surface area (Å²) in [6, 6.07) is 9.23. The van der Waals surface area contributed by atoms with Crippen LogP contribution in [0.5, 0.6) is 0 Å². The van der Waals surface area contributed by atoms with Crippen molar-refractivity contribution in [3.05, 3.63) is 35.4 Å². The second-order valence-corrected chi connectivity index (χ2v) is 5.14. The minimum Gasteiger partial charge on any atom is -0.385 e. The lowest BCUT2D eigenvalue weighted by atomic mass is 9.89. The Hall–Kier alpha value is -1.37. The maximum Gasteiger partial charge on any atom is 0.0991 e. The van der Waals surface area contributed by atoms with Gasteiger partial charge in [0.1, 0.15) is 0 Å². The van der Waals surface area contributed by atoms with Crippen LogP contribution in [0.1, 0.15) is 43.7 Å². The van der Waals surface area contributed by atoms with Gasteiger partial charge in [0, 0.05) is 6.61 Å². The van der Waals surface area contributed by atoms with Crippen molar-refractivity contribution in [1.29, 1.82) is 5.26 Å². The number of hydrogen-bond donors (Lipinski definition) is 1. The Bertz CT molecular complexity index is 425. The SMILES string of the molecule is CC(O)(CCC1CCCO1)c1ccc(C#N)cc1. The van der Waals surface area contributed by atoms with E-state index in [-0.39, 0.29) is 0 Å². The Morgan fingerprint density at radius 1 is 1.44 bits per heavy atom. The number of ether oxygens (including phenoxy) is 1. The van der Waals surface area contributed by atoms with Crippen molar-refractivity contribution in [2.75, 3.05) is 6.61 Å². The summed E-state index contributed by atoms with van der Waals surface area (Å²) in [5.74, 6) is 0. The monoisotopic (exact) mass is 245 g/mol. The number of aliphatic hydroxyl groups is 1. The van der Waals surface area contributed by atoms with Crippen LogP contribution in [0.3, 0.4) is 0 Å². The zero-order valence-corrected chi connectivity index (χ0v) is 10.7. The smallest absolute Gasteiger partial charge is 0.0991 e. The molecule has 0 bridgehead atoms. The molecule has 0 spiro atoms. The van der Waals surface area contributed by atoms with Crippen LogP contribution in [0.2, 0.25) is 0 Å². The van der Waals surface area contributed by atoms with Crippen LogP contribution >= 0.6 is 0 Å². The summed E-state index contributed by atoms with van der Waals surface area (Å²) in [6.07, 6.45) is 4.10. The summed E-state index contributed by atoms with van der Waals surface area (Å²) in [7, 11) is 0. The molecule has 1 aliphatic heterocycles. The Morgan fingerprint density at radius 2 is 2.17 bits per heavy atom. The normalized spacial score (nSPS) is 22.4. The zero-order chi connectivity index (χ0) is 13.0. The van der Waals surface area contributed by atoms with E-state index in [1.54, 1.807) is 12.1 Å². The van der Waals surface area contributed by atoms with Gasteiger partial charge in [0.25, 0.3) is 0 Å². The van der Waals surface area contributed by atoms with Crippen LogP contribution in [0.4, 0.5) is 0 Å². The van der Waals surface area contributed by atoms with E-state index in [2.05, 4.69) is 6.07 Å². The van der Waals surface area contributed by atoms with Gasteiger partial charge in [-0.05, 0) is 50.3 Å². The second kappa shape index (κ2) is 5.51. The molecule has 2 rings (SSSR count). The molecule has 2 atom stereocenters. The van der Waals surface area contributed by atoms with E-state index in [0.29, 0.717) is 18.1 Å². The molecule has 1 saturated heterocycles. The van der Waals surface area contributed by atoms with Gasteiger partial charge in [-0.25, -0.2) is 0 Å². The summed E-state index contributed by atoms with van der Waals surface area (Å²) < 4.78 is 5.57. The van der Waals surface area contributed by atoms with Crippen LogP contribution in [-0.2, 0) is 10.3 Å². The standard InChI is InChI=1S/C15H19NO2/c1-15(17,9-8-14-3-2-10-18-14)13-6-4-12(11-16)5-7-13/h4-7,14,17H,2-3,8-10H2,1H3. The molecule has 3 nitrogen and oxygen atoms in total. The molecule has 1 heterocycles. The topological polar surface area (TPSA) is 53.2 Å². The Kier molecular flexibility index (Phi) is 4.00. The first-order chi connectivity index (χ1) is 8.62. The first-order valence-electron chi connectivity index (χ1n) is 6.46. The summed E-state index contributed by atoms with van der Waals surface area (Å²) in [5, 5.41) is 19.2. The maximum atomic E-state index is 10.5. The van der Waals surface area contributed by atoms with Gasteiger partial charge in [0.05, 0.1) is 23.3 Å². The molecule has 18 heavy (non-hydrogen) atoms. The fourth-order valence-electron chi connectivity index (χ4n) is 2.36. The lowest BCUT2D eigenvalue weighted by molar-refractivity contribution is 0.0220. The molecule has 0 aliphatic carbocycles. The molecule has 0 saturated carbocycles. The van der Waals surface area contributed by atoms with E-state index in [1.165, 1.54) is 0 Å². The maximum absolute atomic E-state index is 10.5. The number of hydrogen-bond acceptors (Lipinski definition) is 3. The average Bonchev–Trinajstić information content (AvgIpc) is 2.90. The third-order valence-corrected chi connectivity index (χ3v) is 3.61. The van der Waals surface area contributed by atoms with Gasteiger partial charge in [0.15, 0.2) is 0 Å². The highest BCUT2D eigenvalue weighted by molar-refractivity contribution is 5.33. The van der Waals surface area contributed by atoms with E-state index in [1.807, 2.05) is 19.1 Å². The molecule has 96 valence electrons. The Labute approximate surface area is 108 Å². The van der Waals surface area contributed by atoms with Crippen LogP contribution in [0, 0.1) is 11.3 Å². The summed E-state index contributed by atoms with van der Waals surface area (Å²) >= 11 is 0. The molecule has 1 N–H and O–H groups in total. The predicted octanol–water partition coefficient (Wildman–Crippen LogP) is 2.72. The molecule has 0 amide bonds. The molecule has 1 aliphatic rings. The quantitative estimate of drug-likeness (QED) is 0.887. The van der Waals surface area contributed by atoms with Gasteiger partial charge in [0.2, 0.25) is 0 Å². The van der Waals surface area contributed by atoms with E-state index >= 15 is 0 Å². The van der Waals surface area contributed by atoms with Crippen LogP contribution in [0.15, 0.2) is 24.3 Å². The second-order valence-electron chi connectivity index (χ2n) is 5.14. The van der Waals surface area contributed by atoms with Crippen molar-refractivity contribution in [1.82, 2.24) is 0 Å². The fraction of sp³-hybridized carbons (Fsp3) is 0.533. The van der Waals surface area contributed by atoms with E-state index in [4.69, 9.17) is 10.00 Å². The largest absolute Gasteiger partial charge is 0.385 e. The number of benzene rings is 1. The molecule has 1 fully saturated rings. The van der Waals surface area contributed by atoms with Crippen LogP contribution in [0.25, 0.3) is 0 Å². The van der Waals surface area contributed by atoms with Gasteiger partial charge in [-0.1, -0.05) is 12.1 Å². The van der Waals surface area contributed by atoms with Crippen LogP contribution < -0.4 is 0 Å². The molecule has 1 aromatic rings. The summed E-state index contributed by atoms with van der Waals surface area (Å²) in [5.41, 5.74) is 0.633. The first kappa shape index (κ1) is 13.1. The van der Waals surface area contributed by atoms with Crippen molar-refractivity contribution in [3.63, 3.8) is 0 Å². The van der Waals surface area contributed by atoms with Crippen molar-refractivity contribution in [2.45, 2.75) is 44.3 Å². The lowest BCUT2D eigenvalue weighted by Gasteiger charge is -2.25. The molecule has 2 unspecified atom stereocenters. The number of rotatable bonds is 4. The Morgan fingerprint density at radius 3 is 2.72 bits per heavy atom. The minimum absolute atomic E-state index is 0.301. The fourth-order valence-corrected chi connectivity index (χ4v) is 2.36. The van der Waals surface area contributed by atoms with E-state index < -0.39 is 5.60 Å². The molecule has 3 heteroatoms. The van der Waals surface area contributed by atoms with Crippen molar-refractivity contribution < 1.29 is 9.84 Å². The number of nitriles is 1.